The molecule has 7 nitrogen and oxygen atoms in total. The molecule has 0 saturated carbocycles. The molecule has 0 amide bonds. The van der Waals surface area contributed by atoms with Crippen molar-refractivity contribution in [3.05, 3.63) is 12.5 Å². The van der Waals surface area contributed by atoms with Crippen LogP contribution < -0.4 is 0 Å². The highest BCUT2D eigenvalue weighted by Crippen LogP contribution is 2.21. The molecule has 1 aliphatic rings. The van der Waals surface area contributed by atoms with Crippen LogP contribution in [0.4, 0.5) is 0 Å². The van der Waals surface area contributed by atoms with Crippen molar-refractivity contribution in [3.8, 4) is 0 Å². The molecule has 8 heteroatoms. The number of β-amino-alcohol motifs (C(OH)–C–C–N with tert-alkyl or cyclic N) is 1. The normalized spacial score (nSPS) is 26.1. The standard InChI is InChI=1S/C10H18N4O3S/c1-12(2)8-4-14(5-9(8)15)18(16,17)10-6-13(3)7-11-10/h6-9,15H,4-5H2,1-3H3/t8-,9-/m1/s1. The highest BCUT2D eigenvalue weighted by Gasteiger charge is 2.40. The third-order valence-electron chi connectivity index (χ3n) is 3.17. The molecular weight excluding hydrogens is 256 g/mol. The molecule has 0 spiro atoms. The van der Waals surface area contributed by atoms with Gasteiger partial charge in [-0.3, -0.25) is 0 Å². The van der Waals surface area contributed by atoms with Crippen LogP contribution in [0.1, 0.15) is 0 Å². The molecule has 1 saturated heterocycles. The van der Waals surface area contributed by atoms with Crippen LogP contribution in [0.15, 0.2) is 17.6 Å². The van der Waals surface area contributed by atoms with E-state index in [9.17, 15) is 13.5 Å². The Hall–Kier alpha value is -0.960. The summed E-state index contributed by atoms with van der Waals surface area (Å²) in [6.07, 6.45) is 2.24. The van der Waals surface area contributed by atoms with Crippen molar-refractivity contribution >= 4 is 10.0 Å². The molecule has 2 atom stereocenters. The summed E-state index contributed by atoms with van der Waals surface area (Å²) in [6.45, 7) is 0.398. The Morgan fingerprint density at radius 3 is 2.56 bits per heavy atom. The van der Waals surface area contributed by atoms with Gasteiger partial charge in [0.25, 0.3) is 10.0 Å². The summed E-state index contributed by atoms with van der Waals surface area (Å²) in [5.74, 6) is 0. The molecule has 0 radical (unpaired) electrons. The quantitative estimate of drug-likeness (QED) is 0.742. The molecule has 1 fully saturated rings. The number of imidazole rings is 1. The Morgan fingerprint density at radius 2 is 2.11 bits per heavy atom. The van der Waals surface area contributed by atoms with Crippen LogP contribution >= 0.6 is 0 Å². The first-order valence-corrected chi connectivity index (χ1v) is 7.09. The van der Waals surface area contributed by atoms with E-state index in [-0.39, 0.29) is 24.2 Å². The minimum atomic E-state index is -3.60. The fourth-order valence-electron chi connectivity index (χ4n) is 2.09. The van der Waals surface area contributed by atoms with E-state index in [1.807, 2.05) is 19.0 Å². The van der Waals surface area contributed by atoms with Gasteiger partial charge in [0.1, 0.15) is 0 Å². The Labute approximate surface area is 107 Å². The van der Waals surface area contributed by atoms with E-state index in [1.54, 1.807) is 11.6 Å². The van der Waals surface area contributed by atoms with Crippen LogP contribution in [-0.4, -0.2) is 71.6 Å². The Bertz CT molecular complexity index is 525. The van der Waals surface area contributed by atoms with Gasteiger partial charge < -0.3 is 14.6 Å². The first-order valence-electron chi connectivity index (χ1n) is 5.65. The lowest BCUT2D eigenvalue weighted by Gasteiger charge is -2.21. The first kappa shape index (κ1) is 13.5. The number of hydrogen-bond donors (Lipinski definition) is 1. The van der Waals surface area contributed by atoms with Gasteiger partial charge in [0, 0.05) is 26.3 Å². The third-order valence-corrected chi connectivity index (χ3v) is 4.89. The van der Waals surface area contributed by atoms with Gasteiger partial charge in [-0.2, -0.15) is 4.31 Å². The molecule has 1 aromatic heterocycles. The van der Waals surface area contributed by atoms with Crippen molar-refractivity contribution in [3.63, 3.8) is 0 Å². The summed E-state index contributed by atoms with van der Waals surface area (Å²) < 4.78 is 27.4. The van der Waals surface area contributed by atoms with E-state index in [0.29, 0.717) is 0 Å². The number of sulfonamides is 1. The second kappa shape index (κ2) is 4.61. The molecule has 0 bridgehead atoms. The molecule has 2 rings (SSSR count). The molecular formula is C10H18N4O3S. The molecule has 1 aromatic rings. The zero-order chi connectivity index (χ0) is 13.5. The van der Waals surface area contributed by atoms with Crippen molar-refractivity contribution in [1.82, 2.24) is 18.8 Å². The van der Waals surface area contributed by atoms with Crippen molar-refractivity contribution in [2.45, 2.75) is 17.2 Å². The molecule has 2 heterocycles. The Kier molecular flexibility index (Phi) is 3.45. The van der Waals surface area contributed by atoms with E-state index >= 15 is 0 Å². The van der Waals surface area contributed by atoms with Crippen molar-refractivity contribution < 1.29 is 13.5 Å². The second-order valence-electron chi connectivity index (χ2n) is 4.80. The number of nitrogens with zero attached hydrogens (tertiary/aromatic N) is 4. The number of aliphatic hydroxyl groups is 1. The number of hydrogen-bond acceptors (Lipinski definition) is 5. The highest BCUT2D eigenvalue weighted by atomic mass is 32.2. The van der Waals surface area contributed by atoms with E-state index < -0.39 is 16.1 Å². The van der Waals surface area contributed by atoms with Gasteiger partial charge in [-0.25, -0.2) is 13.4 Å². The van der Waals surface area contributed by atoms with Crippen LogP contribution in [0.3, 0.4) is 0 Å². The third kappa shape index (κ3) is 2.28. The molecule has 0 unspecified atom stereocenters. The van der Waals surface area contributed by atoms with Gasteiger partial charge in [-0.15, -0.1) is 0 Å². The van der Waals surface area contributed by atoms with Crippen LogP contribution in [-0.2, 0) is 17.1 Å². The predicted molar refractivity (Wildman–Crippen MR) is 65.4 cm³/mol. The Balaban J connectivity index is 2.23. The molecule has 1 aliphatic heterocycles. The minimum Gasteiger partial charge on any atom is -0.390 e. The lowest BCUT2D eigenvalue weighted by molar-refractivity contribution is 0.113. The maximum Gasteiger partial charge on any atom is 0.262 e. The SMILES string of the molecule is CN(C)[C@@H]1CN(S(=O)(=O)c2cn(C)cn2)C[C@H]1O. The molecule has 102 valence electrons. The van der Waals surface area contributed by atoms with Gasteiger partial charge in [-0.05, 0) is 14.1 Å². The summed E-state index contributed by atoms with van der Waals surface area (Å²) >= 11 is 0. The molecule has 18 heavy (non-hydrogen) atoms. The van der Waals surface area contributed by atoms with E-state index in [4.69, 9.17) is 0 Å². The average molecular weight is 274 g/mol. The number of rotatable bonds is 3. The lowest BCUT2D eigenvalue weighted by Crippen LogP contribution is -2.38. The summed E-state index contributed by atoms with van der Waals surface area (Å²) in [5, 5.41) is 9.90. The zero-order valence-electron chi connectivity index (χ0n) is 10.7. The summed E-state index contributed by atoms with van der Waals surface area (Å²) in [4.78, 5) is 5.70. The van der Waals surface area contributed by atoms with Crippen molar-refractivity contribution in [1.29, 1.82) is 0 Å². The van der Waals surface area contributed by atoms with Gasteiger partial charge in [0.2, 0.25) is 0 Å². The van der Waals surface area contributed by atoms with Crippen molar-refractivity contribution in [2.75, 3.05) is 27.2 Å². The van der Waals surface area contributed by atoms with Gasteiger partial charge in [0.15, 0.2) is 5.03 Å². The monoisotopic (exact) mass is 274 g/mol. The second-order valence-corrected chi connectivity index (χ2v) is 6.68. The summed E-state index contributed by atoms with van der Waals surface area (Å²) in [6, 6.07) is -0.177. The number of aromatic nitrogens is 2. The maximum absolute atomic E-state index is 12.3. The fraction of sp³-hybridized carbons (Fsp3) is 0.700. The topological polar surface area (TPSA) is 78.7 Å². The van der Waals surface area contributed by atoms with Crippen LogP contribution in [0.5, 0.6) is 0 Å². The number of likely N-dealkylation sites (N-methyl/N-ethyl adjacent to an activating group) is 1. The smallest absolute Gasteiger partial charge is 0.262 e. The molecule has 0 aromatic carbocycles. The van der Waals surface area contributed by atoms with Crippen LogP contribution in [0.25, 0.3) is 0 Å². The van der Waals surface area contributed by atoms with Gasteiger partial charge in [0.05, 0.1) is 18.5 Å². The predicted octanol–water partition coefficient (Wildman–Crippen LogP) is -1.28. The molecule has 1 N–H and O–H groups in total. The van der Waals surface area contributed by atoms with E-state index in [1.165, 1.54) is 16.8 Å². The van der Waals surface area contributed by atoms with E-state index in [2.05, 4.69) is 4.98 Å². The van der Waals surface area contributed by atoms with Crippen LogP contribution in [0.2, 0.25) is 0 Å². The zero-order valence-corrected chi connectivity index (χ0v) is 11.5. The Morgan fingerprint density at radius 1 is 1.44 bits per heavy atom. The fourth-order valence-corrected chi connectivity index (χ4v) is 3.54. The van der Waals surface area contributed by atoms with Crippen LogP contribution in [0, 0.1) is 0 Å². The minimum absolute atomic E-state index is 0.0246. The number of aryl methyl sites for hydroxylation is 1. The summed E-state index contributed by atoms with van der Waals surface area (Å²) in [7, 11) is 1.76. The summed E-state index contributed by atoms with van der Waals surface area (Å²) in [5.41, 5.74) is 0. The maximum atomic E-state index is 12.3. The lowest BCUT2D eigenvalue weighted by atomic mass is 10.2. The molecule has 0 aliphatic carbocycles. The average Bonchev–Trinajstić information content (AvgIpc) is 2.84. The van der Waals surface area contributed by atoms with Gasteiger partial charge in [-0.1, -0.05) is 0 Å². The number of aliphatic hydroxyl groups excluding tert-OH is 1. The first-order chi connectivity index (χ1) is 8.32. The van der Waals surface area contributed by atoms with Gasteiger partial charge >= 0.3 is 0 Å². The largest absolute Gasteiger partial charge is 0.390 e. The highest BCUT2D eigenvalue weighted by molar-refractivity contribution is 7.89. The van der Waals surface area contributed by atoms with Crippen molar-refractivity contribution in [2.24, 2.45) is 7.05 Å². The van der Waals surface area contributed by atoms with E-state index in [0.717, 1.165) is 0 Å².